The number of hydrogen-bond acceptors (Lipinski definition) is 6. The molecule has 7 nitrogen and oxygen atoms in total. The predicted octanol–water partition coefficient (Wildman–Crippen LogP) is 2.71. The molecule has 0 spiro atoms. The molecule has 1 fully saturated rings. The smallest absolute Gasteiger partial charge is 0.265 e. The number of nitrogens with one attached hydrogen (secondary N) is 1. The van der Waals surface area contributed by atoms with Gasteiger partial charge in [0.25, 0.3) is 5.91 Å². The SMILES string of the molecule is CC#CCOc1ccc(S(=O)(=O)C2(C(=O)NO)CCN(Cc3ccc(C)cc3)CC2)cc1. The first kappa shape index (κ1) is 23.8. The average molecular weight is 457 g/mol. The second kappa shape index (κ2) is 10.2. The highest BCUT2D eigenvalue weighted by Crippen LogP contribution is 2.36. The van der Waals surface area contributed by atoms with Crippen LogP contribution in [0.5, 0.6) is 5.75 Å². The van der Waals surface area contributed by atoms with E-state index in [2.05, 4.69) is 16.7 Å². The highest BCUT2D eigenvalue weighted by Gasteiger charge is 2.52. The summed E-state index contributed by atoms with van der Waals surface area (Å²) in [5.41, 5.74) is 3.89. The zero-order valence-corrected chi connectivity index (χ0v) is 19.1. The molecule has 0 aliphatic carbocycles. The Bertz CT molecular complexity index is 1090. The topological polar surface area (TPSA) is 95.9 Å². The number of hydroxylamine groups is 1. The van der Waals surface area contributed by atoms with Crippen molar-refractivity contribution in [1.29, 1.82) is 0 Å². The van der Waals surface area contributed by atoms with Gasteiger partial charge in [-0.15, -0.1) is 5.92 Å². The summed E-state index contributed by atoms with van der Waals surface area (Å²) in [5.74, 6) is 5.08. The quantitative estimate of drug-likeness (QED) is 0.378. The summed E-state index contributed by atoms with van der Waals surface area (Å²) in [7, 11) is -4.06. The van der Waals surface area contributed by atoms with Crippen LogP contribution in [-0.4, -0.2) is 48.9 Å². The van der Waals surface area contributed by atoms with Crippen molar-refractivity contribution < 1.29 is 23.2 Å². The molecule has 2 aromatic rings. The Morgan fingerprint density at radius 2 is 1.75 bits per heavy atom. The van der Waals surface area contributed by atoms with E-state index in [1.54, 1.807) is 24.5 Å². The fourth-order valence-electron chi connectivity index (χ4n) is 3.88. The Morgan fingerprint density at radius 3 is 2.31 bits per heavy atom. The molecule has 0 radical (unpaired) electrons. The van der Waals surface area contributed by atoms with Gasteiger partial charge in [-0.05, 0) is 56.5 Å². The summed E-state index contributed by atoms with van der Waals surface area (Å²) < 4.78 is 30.8. The number of rotatable bonds is 7. The molecule has 0 unspecified atom stereocenters. The van der Waals surface area contributed by atoms with Gasteiger partial charge in [0, 0.05) is 19.6 Å². The van der Waals surface area contributed by atoms with Crippen LogP contribution in [-0.2, 0) is 21.2 Å². The maximum Gasteiger partial charge on any atom is 0.265 e. The third-order valence-corrected chi connectivity index (χ3v) is 8.36. The zero-order valence-electron chi connectivity index (χ0n) is 18.3. The lowest BCUT2D eigenvalue weighted by Gasteiger charge is -2.39. The number of amides is 1. The lowest BCUT2D eigenvalue weighted by Crippen LogP contribution is -2.57. The Labute approximate surface area is 189 Å². The Hall–Kier alpha value is -2.86. The van der Waals surface area contributed by atoms with Crippen molar-refractivity contribution in [3.8, 4) is 17.6 Å². The van der Waals surface area contributed by atoms with Crippen LogP contribution in [0.4, 0.5) is 0 Å². The molecule has 1 aliphatic rings. The highest BCUT2D eigenvalue weighted by molar-refractivity contribution is 7.93. The minimum Gasteiger partial charge on any atom is -0.481 e. The standard InChI is InChI=1S/C24H28N2O5S/c1-3-4-17-31-21-9-11-22(12-10-21)32(29,30)24(23(27)25-28)13-15-26(16-14-24)18-20-7-5-19(2)6-8-20/h5-12,28H,13-18H2,1-2H3,(H,25,27). The van der Waals surface area contributed by atoms with Crippen molar-refractivity contribution in [1.82, 2.24) is 10.4 Å². The Balaban J connectivity index is 1.78. The largest absolute Gasteiger partial charge is 0.481 e. The van der Waals surface area contributed by atoms with Gasteiger partial charge in [0.2, 0.25) is 0 Å². The number of aryl methyl sites for hydroxylation is 1. The molecule has 8 heteroatoms. The van der Waals surface area contributed by atoms with E-state index in [-0.39, 0.29) is 24.3 Å². The van der Waals surface area contributed by atoms with E-state index in [1.807, 2.05) is 31.2 Å². The van der Waals surface area contributed by atoms with Gasteiger partial charge in [0.05, 0.1) is 4.90 Å². The number of piperidine rings is 1. The average Bonchev–Trinajstić information content (AvgIpc) is 2.81. The second-order valence-corrected chi connectivity index (χ2v) is 10.1. The minimum absolute atomic E-state index is 0.0158. The first-order chi connectivity index (χ1) is 15.3. The van der Waals surface area contributed by atoms with Crippen LogP contribution in [0.15, 0.2) is 53.4 Å². The lowest BCUT2D eigenvalue weighted by atomic mass is 9.94. The number of hydrogen-bond donors (Lipinski definition) is 2. The lowest BCUT2D eigenvalue weighted by molar-refractivity contribution is -0.133. The number of sulfone groups is 1. The monoisotopic (exact) mass is 456 g/mol. The molecular formula is C24H28N2O5S. The van der Waals surface area contributed by atoms with Gasteiger partial charge in [0.15, 0.2) is 14.6 Å². The first-order valence-electron chi connectivity index (χ1n) is 10.4. The maximum atomic E-state index is 13.5. The molecule has 0 aromatic heterocycles. The fourth-order valence-corrected chi connectivity index (χ4v) is 5.83. The number of benzene rings is 2. The maximum absolute atomic E-state index is 13.5. The summed E-state index contributed by atoms with van der Waals surface area (Å²) >= 11 is 0. The molecule has 1 heterocycles. The van der Waals surface area contributed by atoms with Crippen molar-refractivity contribution in [2.45, 2.75) is 42.9 Å². The summed E-state index contributed by atoms with van der Waals surface area (Å²) in [5, 5.41) is 9.34. The highest BCUT2D eigenvalue weighted by atomic mass is 32.2. The summed E-state index contributed by atoms with van der Waals surface area (Å²) in [6, 6.07) is 14.1. The van der Waals surface area contributed by atoms with Gasteiger partial charge in [-0.25, -0.2) is 13.9 Å². The first-order valence-corrected chi connectivity index (χ1v) is 11.9. The Kier molecular flexibility index (Phi) is 7.56. The molecule has 2 aromatic carbocycles. The molecule has 3 rings (SSSR count). The van der Waals surface area contributed by atoms with Crippen LogP contribution in [0, 0.1) is 18.8 Å². The molecule has 170 valence electrons. The number of ether oxygens (including phenoxy) is 1. The molecule has 1 amide bonds. The summed E-state index contributed by atoms with van der Waals surface area (Å²) in [4.78, 5) is 14.8. The molecular weight excluding hydrogens is 428 g/mol. The Morgan fingerprint density at radius 1 is 1.12 bits per heavy atom. The number of likely N-dealkylation sites (tertiary alicyclic amines) is 1. The van der Waals surface area contributed by atoms with Crippen molar-refractivity contribution in [2.75, 3.05) is 19.7 Å². The van der Waals surface area contributed by atoms with E-state index >= 15 is 0 Å². The van der Waals surface area contributed by atoms with Gasteiger partial charge in [-0.3, -0.25) is 14.9 Å². The molecule has 0 saturated carbocycles. The van der Waals surface area contributed by atoms with Gasteiger partial charge < -0.3 is 4.74 Å². The fraction of sp³-hybridized carbons (Fsp3) is 0.375. The third kappa shape index (κ3) is 4.96. The molecule has 1 aliphatic heterocycles. The van der Waals surface area contributed by atoms with Gasteiger partial charge in [0.1, 0.15) is 12.4 Å². The molecule has 0 bridgehead atoms. The van der Waals surface area contributed by atoms with E-state index in [0.717, 1.165) is 5.56 Å². The number of carbonyl (C=O) groups is 1. The van der Waals surface area contributed by atoms with Crippen LogP contribution < -0.4 is 10.2 Å². The number of nitrogens with zero attached hydrogens (tertiary/aromatic N) is 1. The van der Waals surface area contributed by atoms with E-state index in [4.69, 9.17) is 4.74 Å². The van der Waals surface area contributed by atoms with Gasteiger partial charge in [-0.2, -0.15) is 0 Å². The van der Waals surface area contributed by atoms with Gasteiger partial charge >= 0.3 is 0 Å². The van der Waals surface area contributed by atoms with E-state index < -0.39 is 20.5 Å². The molecule has 1 saturated heterocycles. The van der Waals surface area contributed by atoms with Crippen molar-refractivity contribution >= 4 is 15.7 Å². The summed E-state index contributed by atoms with van der Waals surface area (Å²) in [6.45, 7) is 5.43. The van der Waals surface area contributed by atoms with Crippen LogP contribution in [0.25, 0.3) is 0 Å². The van der Waals surface area contributed by atoms with Crippen molar-refractivity contribution in [2.24, 2.45) is 0 Å². The van der Waals surface area contributed by atoms with Crippen LogP contribution in [0.3, 0.4) is 0 Å². The number of carbonyl (C=O) groups excluding carboxylic acids is 1. The van der Waals surface area contributed by atoms with Crippen LogP contribution in [0.1, 0.15) is 30.9 Å². The van der Waals surface area contributed by atoms with E-state index in [0.29, 0.717) is 25.4 Å². The van der Waals surface area contributed by atoms with E-state index in [1.165, 1.54) is 17.7 Å². The van der Waals surface area contributed by atoms with Crippen molar-refractivity contribution in [3.05, 3.63) is 59.7 Å². The molecule has 32 heavy (non-hydrogen) atoms. The van der Waals surface area contributed by atoms with E-state index in [9.17, 15) is 18.4 Å². The zero-order chi connectivity index (χ0) is 23.2. The van der Waals surface area contributed by atoms with Crippen LogP contribution >= 0.6 is 0 Å². The summed E-state index contributed by atoms with van der Waals surface area (Å²) in [6.07, 6.45) is 0.163. The second-order valence-electron chi connectivity index (χ2n) is 7.89. The van der Waals surface area contributed by atoms with Crippen molar-refractivity contribution in [3.63, 3.8) is 0 Å². The normalized spacial score (nSPS) is 16.0. The molecule has 0 atom stereocenters. The minimum atomic E-state index is -4.06. The predicted molar refractivity (Wildman–Crippen MR) is 121 cm³/mol. The van der Waals surface area contributed by atoms with Gasteiger partial charge in [-0.1, -0.05) is 35.7 Å². The molecule has 2 N–H and O–H groups in total. The van der Waals surface area contributed by atoms with Crippen LogP contribution in [0.2, 0.25) is 0 Å². The third-order valence-electron chi connectivity index (χ3n) is 5.84.